The fraction of sp³-hybridized carbons (Fsp3) is 1.00. The van der Waals surface area contributed by atoms with E-state index in [0.29, 0.717) is 0 Å². The summed E-state index contributed by atoms with van der Waals surface area (Å²) in [5.74, 6) is 1.77. The van der Waals surface area contributed by atoms with Gasteiger partial charge in [-0.2, -0.15) is 11.8 Å². The molecule has 0 amide bonds. The van der Waals surface area contributed by atoms with Gasteiger partial charge in [-0.3, -0.25) is 0 Å². The van der Waals surface area contributed by atoms with Crippen LogP contribution in [-0.2, 0) is 4.74 Å². The quantitative estimate of drug-likeness (QED) is 0.552. The topological polar surface area (TPSA) is 29.5 Å². The number of rotatable bonds is 1. The Kier molecular flexibility index (Phi) is 2.16. The van der Waals surface area contributed by atoms with E-state index in [-0.39, 0.29) is 12.2 Å². The highest BCUT2D eigenvalue weighted by Crippen LogP contribution is 2.19. The van der Waals surface area contributed by atoms with Crippen molar-refractivity contribution in [2.24, 2.45) is 0 Å². The predicted molar refractivity (Wildman–Crippen MR) is 34.1 cm³/mol. The lowest BCUT2D eigenvalue weighted by Crippen LogP contribution is -2.25. The van der Waals surface area contributed by atoms with Gasteiger partial charge in [-0.1, -0.05) is 0 Å². The Morgan fingerprint density at radius 1 is 1.62 bits per heavy atom. The van der Waals surface area contributed by atoms with E-state index in [9.17, 15) is 0 Å². The predicted octanol–water partition coefficient (Wildman–Crippen LogP) is 0.109. The first-order valence-corrected chi connectivity index (χ1v) is 3.78. The summed E-state index contributed by atoms with van der Waals surface area (Å²) in [5, 5.41) is 9.04. The zero-order valence-corrected chi connectivity index (χ0v) is 5.65. The second-order valence-corrected chi connectivity index (χ2v) is 2.95. The molecular formula is C5H10O2S. The third-order valence-corrected chi connectivity index (χ3v) is 2.44. The van der Waals surface area contributed by atoms with Crippen LogP contribution in [0.25, 0.3) is 0 Å². The molecule has 8 heavy (non-hydrogen) atoms. The number of hydrogen-bond acceptors (Lipinski definition) is 3. The van der Waals surface area contributed by atoms with Crippen LogP contribution in [0, 0.1) is 0 Å². The minimum Gasteiger partial charge on any atom is -0.390 e. The molecule has 0 saturated carbocycles. The molecule has 1 fully saturated rings. The van der Waals surface area contributed by atoms with E-state index in [4.69, 9.17) is 9.84 Å². The summed E-state index contributed by atoms with van der Waals surface area (Å²) in [5.41, 5.74) is 0. The van der Waals surface area contributed by atoms with Gasteiger partial charge in [0.25, 0.3) is 0 Å². The maximum absolute atomic E-state index is 9.04. The fourth-order valence-corrected chi connectivity index (χ4v) is 1.93. The molecule has 0 radical (unpaired) electrons. The molecule has 0 aromatic heterocycles. The minimum atomic E-state index is -0.231. The molecule has 0 aromatic rings. The van der Waals surface area contributed by atoms with E-state index >= 15 is 0 Å². The highest BCUT2D eigenvalue weighted by molar-refractivity contribution is 7.99. The van der Waals surface area contributed by atoms with Crippen molar-refractivity contribution in [1.82, 2.24) is 0 Å². The summed E-state index contributed by atoms with van der Waals surface area (Å²) < 4.78 is 4.95. The largest absolute Gasteiger partial charge is 0.390 e. The number of aliphatic hydroxyl groups is 1. The molecule has 1 heterocycles. The van der Waals surface area contributed by atoms with Crippen molar-refractivity contribution in [2.75, 3.05) is 18.6 Å². The van der Waals surface area contributed by atoms with Crippen LogP contribution in [0.15, 0.2) is 0 Å². The van der Waals surface area contributed by atoms with Crippen LogP contribution >= 0.6 is 11.8 Å². The van der Waals surface area contributed by atoms with Crippen LogP contribution in [0.4, 0.5) is 0 Å². The molecule has 1 N–H and O–H groups in total. The average Bonchev–Trinajstić information content (AvgIpc) is 2.14. The number of aliphatic hydroxyl groups excluding tert-OH is 1. The van der Waals surface area contributed by atoms with Crippen LogP contribution in [0.3, 0.4) is 0 Å². The number of thioether (sulfide) groups is 1. The van der Waals surface area contributed by atoms with Crippen molar-refractivity contribution < 1.29 is 9.84 Å². The summed E-state index contributed by atoms with van der Waals surface area (Å²) in [7, 11) is 1.64. The van der Waals surface area contributed by atoms with Crippen LogP contribution in [0.2, 0.25) is 0 Å². The first-order valence-electron chi connectivity index (χ1n) is 2.63. The lowest BCUT2D eigenvalue weighted by molar-refractivity contribution is 0.0218. The van der Waals surface area contributed by atoms with Gasteiger partial charge in [0.1, 0.15) is 0 Å². The van der Waals surface area contributed by atoms with E-state index in [2.05, 4.69) is 0 Å². The van der Waals surface area contributed by atoms with Gasteiger partial charge in [-0.15, -0.1) is 0 Å². The summed E-state index contributed by atoms with van der Waals surface area (Å²) in [6.07, 6.45) is -0.148. The van der Waals surface area contributed by atoms with Crippen molar-refractivity contribution in [1.29, 1.82) is 0 Å². The Balaban J connectivity index is 2.30. The standard InChI is InChI=1S/C5H10O2S/c1-7-5-3-8-2-4(5)6/h4-6H,2-3H2,1H3. The first kappa shape index (κ1) is 6.39. The van der Waals surface area contributed by atoms with Gasteiger partial charge in [-0.25, -0.2) is 0 Å². The Hall–Kier alpha value is 0.270. The smallest absolute Gasteiger partial charge is 0.0928 e. The van der Waals surface area contributed by atoms with Gasteiger partial charge < -0.3 is 9.84 Å². The molecule has 3 heteroatoms. The maximum Gasteiger partial charge on any atom is 0.0928 e. The van der Waals surface area contributed by atoms with Crippen LogP contribution in [-0.4, -0.2) is 35.9 Å². The SMILES string of the molecule is COC1CSCC1O. The third kappa shape index (κ3) is 1.16. The zero-order valence-electron chi connectivity index (χ0n) is 4.83. The molecule has 0 bridgehead atoms. The molecule has 1 rings (SSSR count). The monoisotopic (exact) mass is 134 g/mol. The molecular weight excluding hydrogens is 124 g/mol. The lowest BCUT2D eigenvalue weighted by Gasteiger charge is -2.09. The molecule has 2 atom stereocenters. The van der Waals surface area contributed by atoms with E-state index in [1.165, 1.54) is 0 Å². The van der Waals surface area contributed by atoms with E-state index < -0.39 is 0 Å². The summed E-state index contributed by atoms with van der Waals surface area (Å²) in [4.78, 5) is 0. The third-order valence-electron chi connectivity index (χ3n) is 1.30. The Morgan fingerprint density at radius 2 is 2.38 bits per heavy atom. The van der Waals surface area contributed by atoms with E-state index in [1.807, 2.05) is 0 Å². The van der Waals surface area contributed by atoms with Crippen LogP contribution < -0.4 is 0 Å². The molecule has 2 nitrogen and oxygen atoms in total. The van der Waals surface area contributed by atoms with Gasteiger partial charge >= 0.3 is 0 Å². The number of hydrogen-bond donors (Lipinski definition) is 1. The molecule has 48 valence electrons. The van der Waals surface area contributed by atoms with Crippen molar-refractivity contribution >= 4 is 11.8 Å². The van der Waals surface area contributed by atoms with Gasteiger partial charge in [0.15, 0.2) is 0 Å². The number of methoxy groups -OCH3 is 1. The van der Waals surface area contributed by atoms with Gasteiger partial charge in [0.05, 0.1) is 12.2 Å². The van der Waals surface area contributed by atoms with E-state index in [0.717, 1.165) is 11.5 Å². The lowest BCUT2D eigenvalue weighted by atomic mass is 10.3. The second kappa shape index (κ2) is 2.71. The highest BCUT2D eigenvalue weighted by atomic mass is 32.2. The highest BCUT2D eigenvalue weighted by Gasteiger charge is 2.24. The van der Waals surface area contributed by atoms with E-state index in [1.54, 1.807) is 18.9 Å². The second-order valence-electron chi connectivity index (χ2n) is 1.88. The summed E-state index contributed by atoms with van der Waals surface area (Å²) in [6.45, 7) is 0. The molecule has 2 unspecified atom stereocenters. The molecule has 1 aliphatic heterocycles. The van der Waals surface area contributed by atoms with Gasteiger partial charge in [0.2, 0.25) is 0 Å². The van der Waals surface area contributed by atoms with Gasteiger partial charge in [-0.05, 0) is 0 Å². The number of ether oxygens (including phenoxy) is 1. The van der Waals surface area contributed by atoms with Crippen molar-refractivity contribution in [3.8, 4) is 0 Å². The van der Waals surface area contributed by atoms with Crippen LogP contribution in [0.5, 0.6) is 0 Å². The van der Waals surface area contributed by atoms with Crippen molar-refractivity contribution in [2.45, 2.75) is 12.2 Å². The Bertz CT molecular complexity index is 76.8. The molecule has 0 aromatic carbocycles. The zero-order chi connectivity index (χ0) is 5.98. The molecule has 0 spiro atoms. The molecule has 0 aliphatic carbocycles. The fourth-order valence-electron chi connectivity index (χ4n) is 0.748. The normalized spacial score (nSPS) is 38.2. The Morgan fingerprint density at radius 3 is 2.62 bits per heavy atom. The molecule has 1 aliphatic rings. The summed E-state index contributed by atoms with van der Waals surface area (Å²) in [6, 6.07) is 0. The molecule has 1 saturated heterocycles. The average molecular weight is 134 g/mol. The summed E-state index contributed by atoms with van der Waals surface area (Å²) >= 11 is 1.74. The van der Waals surface area contributed by atoms with Gasteiger partial charge in [0, 0.05) is 18.6 Å². The van der Waals surface area contributed by atoms with Crippen molar-refractivity contribution in [3.05, 3.63) is 0 Å². The van der Waals surface area contributed by atoms with Crippen molar-refractivity contribution in [3.63, 3.8) is 0 Å². The maximum atomic E-state index is 9.04. The Labute approximate surface area is 53.2 Å². The van der Waals surface area contributed by atoms with Crippen LogP contribution in [0.1, 0.15) is 0 Å². The minimum absolute atomic E-state index is 0.0833. The first-order chi connectivity index (χ1) is 3.84.